The average molecular weight is 346 g/mol. The summed E-state index contributed by atoms with van der Waals surface area (Å²) in [6, 6.07) is 8.53. The van der Waals surface area contributed by atoms with Crippen LogP contribution in [0.15, 0.2) is 24.3 Å². The molecule has 1 atom stereocenters. The molecule has 1 aromatic carbocycles. The van der Waals surface area contributed by atoms with Crippen molar-refractivity contribution in [3.05, 3.63) is 35.4 Å². The Morgan fingerprint density at radius 2 is 2.00 bits per heavy atom. The molecule has 0 spiro atoms. The van der Waals surface area contributed by atoms with Crippen LogP contribution in [0.2, 0.25) is 0 Å². The summed E-state index contributed by atoms with van der Waals surface area (Å²) in [5.41, 5.74) is 2.84. The number of urea groups is 1. The molecule has 0 aromatic heterocycles. The summed E-state index contributed by atoms with van der Waals surface area (Å²) in [6.45, 7) is 3.66. The maximum Gasteiger partial charge on any atom is 0.314 e. The molecule has 1 saturated heterocycles. The minimum atomic E-state index is -0.0749. The third-order valence-corrected chi connectivity index (χ3v) is 5.13. The van der Waals surface area contributed by atoms with Crippen molar-refractivity contribution >= 4 is 6.03 Å². The molecule has 5 heteroatoms. The number of hydrogen-bond donors (Lipinski definition) is 2. The Balaban J connectivity index is 1.28. The molecule has 1 aromatic rings. The quantitative estimate of drug-likeness (QED) is 0.746. The maximum absolute atomic E-state index is 12.0. The highest BCUT2D eigenvalue weighted by Crippen LogP contribution is 2.30. The summed E-state index contributed by atoms with van der Waals surface area (Å²) < 4.78 is 11.1. The molecule has 5 nitrogen and oxygen atoms in total. The summed E-state index contributed by atoms with van der Waals surface area (Å²) in [4.78, 5) is 12.0. The highest BCUT2D eigenvalue weighted by atomic mass is 16.5. The van der Waals surface area contributed by atoms with Crippen LogP contribution in [0.1, 0.15) is 49.1 Å². The Morgan fingerprint density at radius 1 is 1.16 bits per heavy atom. The number of rotatable bonds is 7. The molecular weight excluding hydrogens is 316 g/mol. The normalized spacial score (nSPS) is 20.7. The van der Waals surface area contributed by atoms with Gasteiger partial charge in [0, 0.05) is 38.8 Å². The van der Waals surface area contributed by atoms with E-state index in [0.717, 1.165) is 45.3 Å². The zero-order valence-corrected chi connectivity index (χ0v) is 15.0. The molecule has 2 amide bonds. The standard InChI is InChI=1S/C20H30N2O3/c23-20(21-11-4-12-25-18-9-13-24-14-10-18)22-15-17-7-3-6-16-5-1-2-8-19(16)17/h1-2,5,8,17-18H,3-4,6-7,9-15H2,(H2,21,22,23). The van der Waals surface area contributed by atoms with E-state index >= 15 is 0 Å². The second-order valence-corrected chi connectivity index (χ2v) is 6.96. The Kier molecular flexibility index (Phi) is 7.12. The topological polar surface area (TPSA) is 59.6 Å². The first-order valence-corrected chi connectivity index (χ1v) is 9.62. The lowest BCUT2D eigenvalue weighted by atomic mass is 9.83. The Morgan fingerprint density at radius 3 is 2.88 bits per heavy atom. The number of nitrogens with one attached hydrogen (secondary N) is 2. The minimum absolute atomic E-state index is 0.0749. The first-order valence-electron chi connectivity index (χ1n) is 9.62. The number of ether oxygens (including phenoxy) is 2. The second kappa shape index (κ2) is 9.78. The SMILES string of the molecule is O=C(NCCCOC1CCOCC1)NCC1CCCc2ccccc21. The van der Waals surface area contributed by atoms with Crippen LogP contribution in [-0.4, -0.2) is 45.0 Å². The van der Waals surface area contributed by atoms with E-state index in [9.17, 15) is 4.79 Å². The van der Waals surface area contributed by atoms with E-state index in [1.54, 1.807) is 0 Å². The van der Waals surface area contributed by atoms with Gasteiger partial charge in [-0.3, -0.25) is 0 Å². The van der Waals surface area contributed by atoms with Crippen LogP contribution < -0.4 is 10.6 Å². The fourth-order valence-corrected chi connectivity index (χ4v) is 3.71. The van der Waals surface area contributed by atoms with E-state index in [1.807, 2.05) is 0 Å². The van der Waals surface area contributed by atoms with Crippen molar-refractivity contribution in [1.29, 1.82) is 0 Å². The van der Waals surface area contributed by atoms with E-state index < -0.39 is 0 Å². The van der Waals surface area contributed by atoms with E-state index in [0.29, 0.717) is 31.7 Å². The van der Waals surface area contributed by atoms with Crippen LogP contribution in [0.25, 0.3) is 0 Å². The molecule has 0 bridgehead atoms. The van der Waals surface area contributed by atoms with Crippen molar-refractivity contribution in [2.24, 2.45) is 0 Å². The lowest BCUT2D eigenvalue weighted by Gasteiger charge is -2.25. The molecule has 2 aliphatic rings. The van der Waals surface area contributed by atoms with Gasteiger partial charge in [-0.15, -0.1) is 0 Å². The van der Waals surface area contributed by atoms with Gasteiger partial charge in [-0.25, -0.2) is 4.79 Å². The lowest BCUT2D eigenvalue weighted by Crippen LogP contribution is -2.39. The van der Waals surface area contributed by atoms with Crippen LogP contribution in [0.5, 0.6) is 0 Å². The van der Waals surface area contributed by atoms with Gasteiger partial charge in [0.2, 0.25) is 0 Å². The van der Waals surface area contributed by atoms with Crippen LogP contribution >= 0.6 is 0 Å². The molecule has 0 saturated carbocycles. The number of carbonyl (C=O) groups excluding carboxylic acids is 1. The molecule has 3 rings (SSSR count). The zero-order valence-electron chi connectivity index (χ0n) is 15.0. The largest absolute Gasteiger partial charge is 0.381 e. The molecule has 1 aliphatic carbocycles. The van der Waals surface area contributed by atoms with Gasteiger partial charge >= 0.3 is 6.03 Å². The van der Waals surface area contributed by atoms with E-state index in [2.05, 4.69) is 34.9 Å². The van der Waals surface area contributed by atoms with Crippen LogP contribution in [0, 0.1) is 0 Å². The molecule has 1 unspecified atom stereocenters. The van der Waals surface area contributed by atoms with Gasteiger partial charge in [0.05, 0.1) is 6.10 Å². The molecule has 1 heterocycles. The second-order valence-electron chi connectivity index (χ2n) is 6.96. The fourth-order valence-electron chi connectivity index (χ4n) is 3.71. The summed E-state index contributed by atoms with van der Waals surface area (Å²) in [7, 11) is 0. The Bertz CT molecular complexity index is 543. The number of benzene rings is 1. The predicted molar refractivity (Wildman–Crippen MR) is 97.9 cm³/mol. The predicted octanol–water partition coefficient (Wildman–Crippen LogP) is 2.99. The summed E-state index contributed by atoms with van der Waals surface area (Å²) in [5, 5.41) is 5.96. The smallest absolute Gasteiger partial charge is 0.314 e. The van der Waals surface area contributed by atoms with Gasteiger partial charge in [0.15, 0.2) is 0 Å². The van der Waals surface area contributed by atoms with Crippen molar-refractivity contribution in [2.45, 2.75) is 50.5 Å². The molecular formula is C20H30N2O3. The first kappa shape index (κ1) is 18.2. The van der Waals surface area contributed by atoms with Gasteiger partial charge < -0.3 is 20.1 Å². The number of carbonyl (C=O) groups is 1. The Labute approximate surface area is 150 Å². The van der Waals surface area contributed by atoms with Gasteiger partial charge in [0.1, 0.15) is 0 Å². The van der Waals surface area contributed by atoms with Gasteiger partial charge in [0.25, 0.3) is 0 Å². The van der Waals surface area contributed by atoms with Crippen molar-refractivity contribution in [1.82, 2.24) is 10.6 Å². The number of aryl methyl sites for hydroxylation is 1. The van der Waals surface area contributed by atoms with Crippen molar-refractivity contribution < 1.29 is 14.3 Å². The lowest BCUT2D eigenvalue weighted by molar-refractivity contribution is -0.0320. The van der Waals surface area contributed by atoms with E-state index in [-0.39, 0.29) is 6.03 Å². The van der Waals surface area contributed by atoms with E-state index in [1.165, 1.54) is 17.5 Å². The monoisotopic (exact) mass is 346 g/mol. The molecule has 138 valence electrons. The molecule has 25 heavy (non-hydrogen) atoms. The van der Waals surface area contributed by atoms with Crippen LogP contribution in [-0.2, 0) is 15.9 Å². The third kappa shape index (κ3) is 5.72. The third-order valence-electron chi connectivity index (χ3n) is 5.13. The first-order chi connectivity index (χ1) is 12.3. The van der Waals surface area contributed by atoms with Gasteiger partial charge in [-0.05, 0) is 49.7 Å². The average Bonchev–Trinajstić information content (AvgIpc) is 2.67. The van der Waals surface area contributed by atoms with E-state index in [4.69, 9.17) is 9.47 Å². The fraction of sp³-hybridized carbons (Fsp3) is 0.650. The molecule has 1 fully saturated rings. The van der Waals surface area contributed by atoms with Crippen LogP contribution in [0.4, 0.5) is 4.79 Å². The summed E-state index contributed by atoms with van der Waals surface area (Å²) in [5.74, 6) is 0.438. The zero-order chi connectivity index (χ0) is 17.3. The van der Waals surface area contributed by atoms with Gasteiger partial charge in [-0.1, -0.05) is 24.3 Å². The maximum atomic E-state index is 12.0. The highest BCUT2D eigenvalue weighted by molar-refractivity contribution is 5.73. The number of amides is 2. The van der Waals surface area contributed by atoms with Crippen molar-refractivity contribution in [3.8, 4) is 0 Å². The summed E-state index contributed by atoms with van der Waals surface area (Å²) in [6.07, 6.45) is 6.65. The Hall–Kier alpha value is -1.59. The highest BCUT2D eigenvalue weighted by Gasteiger charge is 2.20. The molecule has 1 aliphatic heterocycles. The number of fused-ring (bicyclic) bond motifs is 1. The number of hydrogen-bond acceptors (Lipinski definition) is 3. The molecule has 2 N–H and O–H groups in total. The van der Waals surface area contributed by atoms with Crippen LogP contribution in [0.3, 0.4) is 0 Å². The molecule has 0 radical (unpaired) electrons. The van der Waals surface area contributed by atoms with Crippen molar-refractivity contribution in [2.75, 3.05) is 32.9 Å². The minimum Gasteiger partial charge on any atom is -0.381 e. The van der Waals surface area contributed by atoms with Gasteiger partial charge in [-0.2, -0.15) is 0 Å². The van der Waals surface area contributed by atoms with Crippen molar-refractivity contribution in [3.63, 3.8) is 0 Å². The summed E-state index contributed by atoms with van der Waals surface area (Å²) >= 11 is 0.